The van der Waals surface area contributed by atoms with E-state index >= 15 is 0 Å². The van der Waals surface area contributed by atoms with Crippen LogP contribution in [0.2, 0.25) is 0 Å². The normalized spacial score (nSPS) is 65.9. The van der Waals surface area contributed by atoms with Gasteiger partial charge in [0.2, 0.25) is 0 Å². The van der Waals surface area contributed by atoms with E-state index in [4.69, 9.17) is 12.6 Å². The summed E-state index contributed by atoms with van der Waals surface area (Å²) >= 11 is 0. The van der Waals surface area contributed by atoms with Crippen LogP contribution in [0.4, 0.5) is 0 Å². The first-order chi connectivity index (χ1) is 4.48. The van der Waals surface area contributed by atoms with Crippen LogP contribution in [-0.2, 0) is 4.74 Å². The molecule has 1 saturated heterocycles. The van der Waals surface area contributed by atoms with Gasteiger partial charge in [-0.3, -0.25) is 0 Å². The van der Waals surface area contributed by atoms with E-state index in [0.717, 1.165) is 0 Å². The molecule has 1 aliphatic heterocycles. The van der Waals surface area contributed by atoms with Crippen LogP contribution in [0.25, 0.3) is 0 Å². The van der Waals surface area contributed by atoms with Crippen molar-refractivity contribution in [1.29, 1.82) is 0 Å². The van der Waals surface area contributed by atoms with Gasteiger partial charge < -0.3 is 14.9 Å². The topological polar surface area (TPSA) is 49.7 Å². The molecule has 1 aliphatic carbocycles. The third-order valence-corrected chi connectivity index (χ3v) is 2.61. The van der Waals surface area contributed by atoms with Crippen LogP contribution in [-0.4, -0.2) is 41.4 Å². The summed E-state index contributed by atoms with van der Waals surface area (Å²) in [4.78, 5) is 0. The molecule has 2 fully saturated rings. The molecule has 0 spiro atoms. The molecule has 10 heavy (non-hydrogen) atoms. The van der Waals surface area contributed by atoms with Gasteiger partial charge >= 0.3 is 0 Å². The van der Waals surface area contributed by atoms with Crippen molar-refractivity contribution in [3.63, 3.8) is 0 Å². The molecule has 1 unspecified atom stereocenters. The fraction of sp³-hybridized carbons (Fsp3) is 1.00. The molecule has 2 N–H and O–H groups in total. The third kappa shape index (κ3) is 0.491. The first kappa shape index (κ1) is 6.64. The highest BCUT2D eigenvalue weighted by Crippen LogP contribution is 2.54. The number of rotatable bonds is 0. The first-order valence-electron chi connectivity index (χ1n) is 3.34. The molecule has 0 aromatic heterocycles. The Kier molecular flexibility index (Phi) is 0.943. The molecule has 0 bridgehead atoms. The zero-order valence-corrected chi connectivity index (χ0v) is 5.74. The molecule has 2 rings (SSSR count). The number of hydrogen-bond acceptors (Lipinski definition) is 3. The Hall–Kier alpha value is -0.0551. The lowest BCUT2D eigenvalue weighted by molar-refractivity contribution is -0.0799. The van der Waals surface area contributed by atoms with Crippen LogP contribution in [0.3, 0.4) is 0 Å². The standard InChI is InChI=1S/C6H9BO3/c1-5(8)4(7)10-3-2-6(3,5)9/h3-4,8-9H,2H2,1H3/t3-,4?,5+,6-/m1/s1. The summed E-state index contributed by atoms with van der Waals surface area (Å²) in [6.07, 6.45) is 0.269. The molecule has 1 saturated carbocycles. The molecule has 0 amide bonds. The SMILES string of the molecule is [B]C1O[C@@H]2C[C@]2(O)[C@@]1(C)O. The van der Waals surface area contributed by atoms with Gasteiger partial charge in [-0.15, -0.1) is 0 Å². The number of ether oxygens (including phenoxy) is 1. The van der Waals surface area contributed by atoms with Gasteiger partial charge in [0.1, 0.15) is 19.0 Å². The minimum Gasteiger partial charge on any atom is -0.385 e. The highest BCUT2D eigenvalue weighted by Gasteiger charge is 2.72. The summed E-state index contributed by atoms with van der Waals surface area (Å²) in [5.41, 5.74) is -2.33. The summed E-state index contributed by atoms with van der Waals surface area (Å²) in [6.45, 7) is 1.50. The lowest BCUT2D eigenvalue weighted by atomic mass is 9.80. The van der Waals surface area contributed by atoms with Crippen LogP contribution in [0.1, 0.15) is 13.3 Å². The van der Waals surface area contributed by atoms with Crippen molar-refractivity contribution in [3.05, 3.63) is 0 Å². The molecule has 0 aromatic rings. The van der Waals surface area contributed by atoms with E-state index < -0.39 is 17.2 Å². The van der Waals surface area contributed by atoms with Crippen molar-refractivity contribution in [2.45, 2.75) is 36.7 Å². The average molecular weight is 140 g/mol. The number of hydrogen-bond donors (Lipinski definition) is 2. The van der Waals surface area contributed by atoms with Gasteiger partial charge in [0, 0.05) is 12.4 Å². The van der Waals surface area contributed by atoms with Crippen molar-refractivity contribution < 1.29 is 14.9 Å². The van der Waals surface area contributed by atoms with Gasteiger partial charge in [-0.1, -0.05) is 0 Å². The van der Waals surface area contributed by atoms with E-state index in [2.05, 4.69) is 0 Å². The first-order valence-corrected chi connectivity index (χ1v) is 3.34. The summed E-state index contributed by atoms with van der Waals surface area (Å²) in [7, 11) is 5.39. The Balaban J connectivity index is 2.30. The van der Waals surface area contributed by atoms with Crippen LogP contribution in [0.5, 0.6) is 0 Å². The lowest BCUT2D eigenvalue weighted by Crippen LogP contribution is -2.48. The average Bonchev–Trinajstić information content (AvgIpc) is 2.39. The van der Waals surface area contributed by atoms with Crippen molar-refractivity contribution in [1.82, 2.24) is 0 Å². The Morgan fingerprint density at radius 1 is 1.60 bits per heavy atom. The minimum absolute atomic E-state index is 0.238. The summed E-state index contributed by atoms with van der Waals surface area (Å²) in [6, 6.07) is -0.740. The molecule has 4 atom stereocenters. The molecule has 2 aliphatic rings. The van der Waals surface area contributed by atoms with E-state index in [0.29, 0.717) is 6.42 Å². The van der Waals surface area contributed by atoms with Crippen LogP contribution in [0, 0.1) is 0 Å². The van der Waals surface area contributed by atoms with Gasteiger partial charge in [0.05, 0.1) is 6.10 Å². The monoisotopic (exact) mass is 140 g/mol. The Bertz CT molecular complexity index is 182. The maximum Gasteiger partial charge on any atom is 0.123 e. The number of fused-ring (bicyclic) bond motifs is 1. The lowest BCUT2D eigenvalue weighted by Gasteiger charge is -2.28. The Morgan fingerprint density at radius 3 is 2.40 bits per heavy atom. The van der Waals surface area contributed by atoms with Crippen molar-refractivity contribution in [2.24, 2.45) is 0 Å². The molecule has 1 heterocycles. The van der Waals surface area contributed by atoms with Crippen LogP contribution >= 0.6 is 0 Å². The molecular weight excluding hydrogens is 131 g/mol. The zero-order chi connectivity index (χ0) is 7.57. The fourth-order valence-corrected chi connectivity index (χ4v) is 1.47. The summed E-state index contributed by atoms with van der Waals surface area (Å²) in [5.74, 6) is 0. The van der Waals surface area contributed by atoms with E-state index in [9.17, 15) is 10.2 Å². The van der Waals surface area contributed by atoms with Crippen molar-refractivity contribution in [3.8, 4) is 0 Å². The highest BCUT2D eigenvalue weighted by molar-refractivity contribution is 6.12. The van der Waals surface area contributed by atoms with Crippen molar-refractivity contribution >= 4 is 7.85 Å². The van der Waals surface area contributed by atoms with Crippen LogP contribution < -0.4 is 0 Å². The molecule has 4 heteroatoms. The second-order valence-electron chi connectivity index (χ2n) is 3.32. The molecule has 3 nitrogen and oxygen atoms in total. The minimum atomic E-state index is -1.27. The predicted molar refractivity (Wildman–Crippen MR) is 34.6 cm³/mol. The maximum atomic E-state index is 9.53. The van der Waals surface area contributed by atoms with Crippen LogP contribution in [0.15, 0.2) is 0 Å². The van der Waals surface area contributed by atoms with Crippen molar-refractivity contribution in [2.75, 3.05) is 0 Å². The smallest absolute Gasteiger partial charge is 0.123 e. The van der Waals surface area contributed by atoms with E-state index in [1.165, 1.54) is 6.92 Å². The maximum absolute atomic E-state index is 9.53. The fourth-order valence-electron chi connectivity index (χ4n) is 1.47. The third-order valence-electron chi connectivity index (χ3n) is 2.61. The van der Waals surface area contributed by atoms with E-state index in [1.807, 2.05) is 0 Å². The summed E-state index contributed by atoms with van der Waals surface area (Å²) in [5, 5.41) is 19.0. The predicted octanol–water partition coefficient (Wildman–Crippen LogP) is -1.23. The van der Waals surface area contributed by atoms with E-state index in [-0.39, 0.29) is 6.10 Å². The molecule has 0 aromatic carbocycles. The molecular formula is C6H9BO3. The molecule has 2 radical (unpaired) electrons. The quantitative estimate of drug-likeness (QED) is 0.414. The zero-order valence-electron chi connectivity index (χ0n) is 5.74. The Morgan fingerprint density at radius 2 is 2.20 bits per heavy atom. The largest absolute Gasteiger partial charge is 0.385 e. The highest BCUT2D eigenvalue weighted by atomic mass is 16.6. The van der Waals surface area contributed by atoms with E-state index in [1.54, 1.807) is 0 Å². The number of aliphatic hydroxyl groups is 2. The molecule has 54 valence electrons. The summed E-state index contributed by atoms with van der Waals surface area (Å²) < 4.78 is 5.03. The van der Waals surface area contributed by atoms with Gasteiger partial charge in [-0.25, -0.2) is 0 Å². The second-order valence-corrected chi connectivity index (χ2v) is 3.32. The van der Waals surface area contributed by atoms with Gasteiger partial charge in [-0.05, 0) is 6.92 Å². The Labute approximate surface area is 60.4 Å². The van der Waals surface area contributed by atoms with Gasteiger partial charge in [0.15, 0.2) is 0 Å². The van der Waals surface area contributed by atoms with Gasteiger partial charge in [0.25, 0.3) is 0 Å². The van der Waals surface area contributed by atoms with Gasteiger partial charge in [-0.2, -0.15) is 0 Å². The second kappa shape index (κ2) is 1.42.